The first-order chi connectivity index (χ1) is 10.2. The van der Waals surface area contributed by atoms with Gasteiger partial charge in [0.15, 0.2) is 0 Å². The lowest BCUT2D eigenvalue weighted by atomic mass is 10.3. The van der Waals surface area contributed by atoms with Gasteiger partial charge in [0.1, 0.15) is 23.0 Å². The molecule has 108 valence electrons. The van der Waals surface area contributed by atoms with Gasteiger partial charge in [-0.05, 0) is 42.3 Å². The van der Waals surface area contributed by atoms with E-state index in [1.54, 1.807) is 7.11 Å². The fraction of sp³-hybridized carbons (Fsp3) is 0.0714. The number of phenolic OH excluding ortho intramolecular Hbond substituents is 1. The van der Waals surface area contributed by atoms with Crippen molar-refractivity contribution in [3.8, 4) is 11.5 Å². The minimum Gasteiger partial charge on any atom is -0.506 e. The summed E-state index contributed by atoms with van der Waals surface area (Å²) in [6, 6.07) is 9.68. The van der Waals surface area contributed by atoms with Gasteiger partial charge in [0.2, 0.25) is 5.96 Å². The summed E-state index contributed by atoms with van der Waals surface area (Å²) >= 11 is 1.18. The normalized spacial score (nSPS) is 13.0. The van der Waals surface area contributed by atoms with Gasteiger partial charge >= 0.3 is 0 Å². The molecule has 0 radical (unpaired) electrons. The number of guanidine groups is 1. The van der Waals surface area contributed by atoms with E-state index >= 15 is 0 Å². The summed E-state index contributed by atoms with van der Waals surface area (Å²) in [4.78, 5) is 4.78. The summed E-state index contributed by atoms with van der Waals surface area (Å²) in [6.45, 7) is 0. The van der Waals surface area contributed by atoms with E-state index in [2.05, 4.69) is 15.0 Å². The molecule has 1 heterocycles. The fourth-order valence-electron chi connectivity index (χ4n) is 1.85. The summed E-state index contributed by atoms with van der Waals surface area (Å²) < 4.78 is 21.2. The molecule has 0 atom stereocenters. The molecule has 2 aromatic carbocycles. The number of phenols is 1. The van der Waals surface area contributed by atoms with Crippen LogP contribution in [0.5, 0.6) is 11.5 Å². The minimum absolute atomic E-state index is 0.187. The Hall–Kier alpha value is -2.41. The molecule has 0 saturated carbocycles. The van der Waals surface area contributed by atoms with Crippen molar-refractivity contribution in [2.45, 2.75) is 4.90 Å². The number of halogens is 1. The molecule has 2 aromatic rings. The van der Waals surface area contributed by atoms with Crippen LogP contribution in [0.2, 0.25) is 0 Å². The van der Waals surface area contributed by atoms with Crippen molar-refractivity contribution in [1.82, 2.24) is 4.72 Å². The van der Waals surface area contributed by atoms with Crippen molar-refractivity contribution in [2.75, 3.05) is 12.4 Å². The van der Waals surface area contributed by atoms with Crippen LogP contribution in [0.1, 0.15) is 0 Å². The summed E-state index contributed by atoms with van der Waals surface area (Å²) in [5.41, 5.74) is 1.16. The second-order valence-electron chi connectivity index (χ2n) is 4.29. The van der Waals surface area contributed by atoms with E-state index in [1.165, 1.54) is 18.0 Å². The Kier molecular flexibility index (Phi) is 3.57. The molecule has 1 aliphatic heterocycles. The van der Waals surface area contributed by atoms with Crippen LogP contribution >= 0.6 is 11.9 Å². The van der Waals surface area contributed by atoms with Gasteiger partial charge in [-0.3, -0.25) is 4.72 Å². The van der Waals surface area contributed by atoms with E-state index in [0.29, 0.717) is 16.5 Å². The van der Waals surface area contributed by atoms with Gasteiger partial charge in [-0.15, -0.1) is 0 Å². The third-order valence-corrected chi connectivity index (χ3v) is 3.68. The van der Waals surface area contributed by atoms with E-state index in [-0.39, 0.29) is 5.75 Å². The van der Waals surface area contributed by atoms with Gasteiger partial charge in [0, 0.05) is 11.8 Å². The Labute approximate surface area is 125 Å². The van der Waals surface area contributed by atoms with E-state index in [1.807, 2.05) is 24.3 Å². The Balaban J connectivity index is 1.84. The summed E-state index contributed by atoms with van der Waals surface area (Å²) in [5.74, 6) is 0.529. The van der Waals surface area contributed by atoms with Gasteiger partial charge in [-0.25, -0.2) is 9.38 Å². The lowest BCUT2D eigenvalue weighted by Crippen LogP contribution is -2.26. The van der Waals surface area contributed by atoms with Crippen molar-refractivity contribution in [2.24, 2.45) is 4.99 Å². The van der Waals surface area contributed by atoms with E-state index in [9.17, 15) is 9.50 Å². The van der Waals surface area contributed by atoms with Gasteiger partial charge in [0.25, 0.3) is 0 Å². The first kappa shape index (κ1) is 13.6. The number of fused-ring (bicyclic) bond motifs is 1. The van der Waals surface area contributed by atoms with Crippen LogP contribution in [0.3, 0.4) is 0 Å². The number of benzene rings is 2. The molecule has 3 N–H and O–H groups in total. The topological polar surface area (TPSA) is 65.9 Å². The van der Waals surface area contributed by atoms with Crippen LogP contribution in [-0.2, 0) is 0 Å². The number of hydrogen-bond acceptors (Lipinski definition) is 6. The molecule has 0 aromatic heterocycles. The van der Waals surface area contributed by atoms with Gasteiger partial charge in [-0.2, -0.15) is 0 Å². The number of nitrogens with zero attached hydrogens (tertiary/aromatic N) is 1. The molecular weight excluding hydrogens is 293 g/mol. The maximum atomic E-state index is 13.2. The average Bonchev–Trinajstić information content (AvgIpc) is 2.48. The number of ether oxygens (including phenoxy) is 1. The number of aliphatic imine (C=N–C) groups is 1. The Morgan fingerprint density at radius 1 is 1.29 bits per heavy atom. The summed E-state index contributed by atoms with van der Waals surface area (Å²) in [7, 11) is 1.60. The molecule has 21 heavy (non-hydrogen) atoms. The molecule has 0 bridgehead atoms. The van der Waals surface area contributed by atoms with Crippen molar-refractivity contribution < 1.29 is 14.2 Å². The summed E-state index contributed by atoms with van der Waals surface area (Å²) in [5, 5.41) is 12.8. The van der Waals surface area contributed by atoms with Crippen LogP contribution in [0.4, 0.5) is 15.8 Å². The molecular formula is C14H12FN3O2S. The number of hydrogen-bond donors (Lipinski definition) is 3. The third-order valence-electron chi connectivity index (χ3n) is 2.85. The first-order valence-electron chi connectivity index (χ1n) is 6.11. The summed E-state index contributed by atoms with van der Waals surface area (Å²) in [6.07, 6.45) is 0. The largest absolute Gasteiger partial charge is 0.506 e. The smallest absolute Gasteiger partial charge is 0.211 e. The van der Waals surface area contributed by atoms with Gasteiger partial charge < -0.3 is 15.2 Å². The Bertz CT molecular complexity index is 704. The molecule has 0 spiro atoms. The predicted molar refractivity (Wildman–Crippen MR) is 80.8 cm³/mol. The van der Waals surface area contributed by atoms with E-state index in [0.717, 1.165) is 17.5 Å². The molecule has 0 aliphatic carbocycles. The van der Waals surface area contributed by atoms with E-state index in [4.69, 9.17) is 4.74 Å². The van der Waals surface area contributed by atoms with Crippen LogP contribution < -0.4 is 14.8 Å². The van der Waals surface area contributed by atoms with Crippen molar-refractivity contribution in [3.05, 3.63) is 42.2 Å². The number of aromatic hydroxyl groups is 1. The Morgan fingerprint density at radius 3 is 2.76 bits per heavy atom. The molecule has 0 unspecified atom stereocenters. The number of rotatable bonds is 2. The second-order valence-corrected chi connectivity index (χ2v) is 5.14. The highest BCUT2D eigenvalue weighted by molar-refractivity contribution is 7.98. The average molecular weight is 305 g/mol. The Morgan fingerprint density at radius 2 is 2.05 bits per heavy atom. The molecule has 0 fully saturated rings. The monoisotopic (exact) mass is 305 g/mol. The molecule has 3 rings (SSSR count). The fourth-order valence-corrected chi connectivity index (χ4v) is 2.57. The third kappa shape index (κ3) is 2.87. The van der Waals surface area contributed by atoms with Crippen LogP contribution in [0.25, 0.3) is 0 Å². The highest BCUT2D eigenvalue weighted by Gasteiger charge is 2.17. The molecule has 5 nitrogen and oxygen atoms in total. The van der Waals surface area contributed by atoms with Crippen LogP contribution in [-0.4, -0.2) is 18.2 Å². The zero-order valence-corrected chi connectivity index (χ0v) is 11.9. The first-order valence-corrected chi connectivity index (χ1v) is 6.92. The molecule has 0 amide bonds. The minimum atomic E-state index is -0.498. The number of anilines is 1. The standard InChI is InChI=1S/C14H12FN3O2S/c1-20-10-4-2-9(3-5-10)16-14-17-13-11(19)6-8(15)7-12(13)21-18-14/h2-7,19H,1H3,(H2,16,17,18). The van der Waals surface area contributed by atoms with Crippen molar-refractivity contribution >= 4 is 29.3 Å². The van der Waals surface area contributed by atoms with Gasteiger partial charge in [-0.1, -0.05) is 0 Å². The van der Waals surface area contributed by atoms with E-state index < -0.39 is 5.82 Å². The van der Waals surface area contributed by atoms with Crippen molar-refractivity contribution in [3.63, 3.8) is 0 Å². The zero-order valence-electron chi connectivity index (χ0n) is 11.1. The molecule has 1 aliphatic rings. The molecule has 7 heteroatoms. The maximum absolute atomic E-state index is 13.2. The lowest BCUT2D eigenvalue weighted by Gasteiger charge is -2.18. The number of nitrogens with one attached hydrogen (secondary N) is 2. The van der Waals surface area contributed by atoms with Gasteiger partial charge in [0.05, 0.1) is 12.0 Å². The molecule has 0 saturated heterocycles. The SMILES string of the molecule is COc1ccc(NC2=Nc3c(O)cc(F)cc3SN2)cc1. The number of methoxy groups -OCH3 is 1. The quantitative estimate of drug-likeness (QED) is 0.743. The second kappa shape index (κ2) is 5.53. The highest BCUT2D eigenvalue weighted by atomic mass is 32.2. The van der Waals surface area contributed by atoms with Crippen LogP contribution in [0.15, 0.2) is 46.3 Å². The maximum Gasteiger partial charge on any atom is 0.211 e. The van der Waals surface area contributed by atoms with Crippen molar-refractivity contribution in [1.29, 1.82) is 0 Å². The predicted octanol–water partition coefficient (Wildman–Crippen LogP) is 3.25. The zero-order chi connectivity index (χ0) is 14.8. The highest BCUT2D eigenvalue weighted by Crippen LogP contribution is 2.39. The lowest BCUT2D eigenvalue weighted by molar-refractivity contribution is 0.415. The van der Waals surface area contributed by atoms with Crippen LogP contribution in [0, 0.1) is 5.82 Å².